The van der Waals surface area contributed by atoms with Crippen molar-refractivity contribution in [1.82, 2.24) is 0 Å². The third kappa shape index (κ3) is 2.43. The number of nitrogens with zero attached hydrogens (tertiary/aromatic N) is 1. The summed E-state index contributed by atoms with van der Waals surface area (Å²) in [6.07, 6.45) is 0. The first kappa shape index (κ1) is 10.0. The van der Waals surface area contributed by atoms with Crippen LogP contribution in [0.25, 0.3) is 0 Å². The molecule has 1 unspecified atom stereocenters. The van der Waals surface area contributed by atoms with Crippen molar-refractivity contribution in [1.29, 1.82) is 0 Å². The molecule has 69 valence electrons. The predicted octanol–water partition coefficient (Wildman–Crippen LogP) is 1.54. The lowest BCUT2D eigenvalue weighted by Crippen LogP contribution is -2.03. The van der Waals surface area contributed by atoms with Crippen LogP contribution in [0.5, 0.6) is 0 Å². The van der Waals surface area contributed by atoms with Gasteiger partial charge in [0, 0.05) is 12.1 Å². The van der Waals surface area contributed by atoms with Gasteiger partial charge in [-0.2, -0.15) is 0 Å². The largest absolute Gasteiger partial charge is 0.611 e. The van der Waals surface area contributed by atoms with Crippen LogP contribution >= 0.6 is 0 Å². The minimum Gasteiger partial charge on any atom is -0.611 e. The number of rotatable bonds is 3. The Morgan fingerprint density at radius 2 is 1.92 bits per heavy atom. The van der Waals surface area contributed by atoms with E-state index in [9.17, 15) is 14.7 Å². The van der Waals surface area contributed by atoms with Gasteiger partial charge in [0.25, 0.3) is 5.69 Å². The van der Waals surface area contributed by atoms with E-state index in [-0.39, 0.29) is 11.4 Å². The van der Waals surface area contributed by atoms with Gasteiger partial charge >= 0.3 is 0 Å². The molecule has 0 saturated heterocycles. The molecular weight excluding hydrogens is 190 g/mol. The van der Waals surface area contributed by atoms with Crippen LogP contribution < -0.4 is 0 Å². The van der Waals surface area contributed by atoms with Gasteiger partial charge in [0.05, 0.1) is 4.92 Å². The number of nitro groups is 1. The zero-order valence-electron chi connectivity index (χ0n) is 6.80. The van der Waals surface area contributed by atoms with Gasteiger partial charge in [0.15, 0.2) is 4.90 Å². The van der Waals surface area contributed by atoms with Gasteiger partial charge in [0.2, 0.25) is 0 Å². The highest BCUT2D eigenvalue weighted by molar-refractivity contribution is 7.91. The molecule has 0 aromatic heterocycles. The molecule has 1 aromatic carbocycles. The first-order valence-electron chi connectivity index (χ1n) is 3.57. The normalized spacial score (nSPS) is 12.5. The van der Waals surface area contributed by atoms with E-state index in [1.165, 1.54) is 24.3 Å². The maximum Gasteiger partial charge on any atom is 0.269 e. The summed E-state index contributed by atoms with van der Waals surface area (Å²) in [5, 5.41) is 10.3. The number of non-ortho nitro benzene ring substituents is 1. The summed E-state index contributed by atoms with van der Waals surface area (Å²) in [6, 6.07) is 5.64. The van der Waals surface area contributed by atoms with Crippen molar-refractivity contribution in [3.63, 3.8) is 0 Å². The van der Waals surface area contributed by atoms with E-state index in [1.54, 1.807) is 0 Å². The Hall–Kier alpha value is -1.07. The number of hydrogen-bond acceptors (Lipinski definition) is 3. The van der Waals surface area contributed by atoms with Gasteiger partial charge < -0.3 is 4.55 Å². The molecule has 0 heterocycles. The fraction of sp³-hybridized carbons (Fsp3) is 0.125. The second-order valence-corrected chi connectivity index (χ2v) is 3.87. The third-order valence-corrected chi connectivity index (χ3v) is 2.66. The van der Waals surface area contributed by atoms with E-state index in [2.05, 4.69) is 6.92 Å². The molecule has 1 radical (unpaired) electrons. The van der Waals surface area contributed by atoms with Crippen molar-refractivity contribution in [2.75, 3.05) is 5.75 Å². The minimum absolute atomic E-state index is 0.00446. The van der Waals surface area contributed by atoms with Crippen molar-refractivity contribution >= 4 is 16.9 Å². The van der Waals surface area contributed by atoms with Crippen LogP contribution in [0, 0.1) is 17.0 Å². The smallest absolute Gasteiger partial charge is 0.269 e. The summed E-state index contributed by atoms with van der Waals surface area (Å²) in [7, 11) is 0. The summed E-state index contributed by atoms with van der Waals surface area (Å²) < 4.78 is 11.2. The van der Waals surface area contributed by atoms with Crippen LogP contribution in [0.2, 0.25) is 0 Å². The Labute approximate surface area is 78.9 Å². The molecule has 0 fully saturated rings. The average Bonchev–Trinajstić information content (AvgIpc) is 2.17. The van der Waals surface area contributed by atoms with Crippen LogP contribution in [-0.4, -0.2) is 15.2 Å². The van der Waals surface area contributed by atoms with E-state index >= 15 is 0 Å². The Morgan fingerprint density at radius 1 is 1.38 bits per heavy atom. The van der Waals surface area contributed by atoms with Crippen LogP contribution in [-0.2, 0) is 11.2 Å². The Bertz CT molecular complexity index is 299. The molecule has 13 heavy (non-hydrogen) atoms. The molecule has 5 heteroatoms. The zero-order valence-corrected chi connectivity index (χ0v) is 7.62. The molecule has 0 aliphatic rings. The van der Waals surface area contributed by atoms with E-state index in [0.29, 0.717) is 4.90 Å². The highest BCUT2D eigenvalue weighted by atomic mass is 32.2. The second-order valence-electron chi connectivity index (χ2n) is 2.30. The monoisotopic (exact) mass is 198 g/mol. The van der Waals surface area contributed by atoms with Crippen LogP contribution in [0.4, 0.5) is 5.69 Å². The van der Waals surface area contributed by atoms with E-state index in [1.807, 2.05) is 0 Å². The lowest BCUT2D eigenvalue weighted by atomic mass is 10.3. The standard InChI is InChI=1S/C8H8NO3S/c1-2-13(12)8-5-3-7(4-6-8)9(10)11/h3-6H,1-2H2. The van der Waals surface area contributed by atoms with Crippen molar-refractivity contribution < 1.29 is 9.48 Å². The Kier molecular flexibility index (Phi) is 3.27. The highest BCUT2D eigenvalue weighted by Crippen LogP contribution is 2.16. The fourth-order valence-electron chi connectivity index (χ4n) is 0.837. The molecule has 4 nitrogen and oxygen atoms in total. The van der Waals surface area contributed by atoms with Gasteiger partial charge in [0.1, 0.15) is 5.75 Å². The Balaban J connectivity index is 2.87. The topological polar surface area (TPSA) is 66.2 Å². The Morgan fingerprint density at radius 3 is 2.31 bits per heavy atom. The molecular formula is C8H8NO3S. The maximum absolute atomic E-state index is 11.2. The minimum atomic E-state index is -1.15. The number of hydrogen-bond donors (Lipinski definition) is 0. The molecule has 0 saturated carbocycles. The molecule has 1 rings (SSSR count). The molecule has 0 aliphatic heterocycles. The molecule has 0 aliphatic carbocycles. The van der Waals surface area contributed by atoms with Crippen LogP contribution in [0.3, 0.4) is 0 Å². The van der Waals surface area contributed by atoms with Gasteiger partial charge in [-0.3, -0.25) is 10.1 Å². The van der Waals surface area contributed by atoms with E-state index in [0.717, 1.165) is 0 Å². The zero-order chi connectivity index (χ0) is 9.84. The third-order valence-electron chi connectivity index (χ3n) is 1.50. The lowest BCUT2D eigenvalue weighted by Gasteiger charge is -2.06. The molecule has 0 bridgehead atoms. The van der Waals surface area contributed by atoms with Crippen LogP contribution in [0.15, 0.2) is 29.2 Å². The van der Waals surface area contributed by atoms with Crippen LogP contribution in [0.1, 0.15) is 0 Å². The SMILES string of the molecule is [CH2]C[S+]([O-])c1ccc([N+](=O)[O-])cc1. The van der Waals surface area contributed by atoms with Gasteiger partial charge in [-0.25, -0.2) is 0 Å². The van der Waals surface area contributed by atoms with E-state index < -0.39 is 16.1 Å². The number of nitro benzene ring substituents is 1. The van der Waals surface area contributed by atoms with Crippen molar-refractivity contribution in [2.24, 2.45) is 0 Å². The fourth-order valence-corrected chi connectivity index (χ4v) is 1.51. The summed E-state index contributed by atoms with van der Waals surface area (Å²) in [5.41, 5.74) is 0.00446. The lowest BCUT2D eigenvalue weighted by molar-refractivity contribution is -0.384. The summed E-state index contributed by atoms with van der Waals surface area (Å²) in [4.78, 5) is 10.3. The highest BCUT2D eigenvalue weighted by Gasteiger charge is 2.10. The molecule has 0 amide bonds. The predicted molar refractivity (Wildman–Crippen MR) is 49.7 cm³/mol. The first-order chi connectivity index (χ1) is 6.15. The molecule has 1 aromatic rings. The van der Waals surface area contributed by atoms with E-state index in [4.69, 9.17) is 0 Å². The van der Waals surface area contributed by atoms with Crippen molar-refractivity contribution in [3.05, 3.63) is 41.3 Å². The maximum atomic E-state index is 11.2. The molecule has 0 N–H and O–H groups in total. The average molecular weight is 198 g/mol. The summed E-state index contributed by atoms with van der Waals surface area (Å²) in [5.74, 6) is 0.276. The molecule has 1 atom stereocenters. The molecule has 0 spiro atoms. The summed E-state index contributed by atoms with van der Waals surface area (Å²) in [6.45, 7) is 3.49. The summed E-state index contributed by atoms with van der Waals surface area (Å²) >= 11 is -1.15. The van der Waals surface area contributed by atoms with Crippen molar-refractivity contribution in [2.45, 2.75) is 4.90 Å². The van der Waals surface area contributed by atoms with Gasteiger partial charge in [-0.15, -0.1) is 0 Å². The van der Waals surface area contributed by atoms with Crippen molar-refractivity contribution in [3.8, 4) is 0 Å². The van der Waals surface area contributed by atoms with Gasteiger partial charge in [-0.1, -0.05) is 0 Å². The first-order valence-corrected chi connectivity index (χ1v) is 4.89. The second kappa shape index (κ2) is 4.25. The quantitative estimate of drug-likeness (QED) is 0.420. The van der Waals surface area contributed by atoms with Gasteiger partial charge in [-0.05, 0) is 30.2 Å². The number of benzene rings is 1.